The van der Waals surface area contributed by atoms with Crippen LogP contribution in [0.2, 0.25) is 5.02 Å². The highest BCUT2D eigenvalue weighted by atomic mass is 35.5. The molecule has 3 nitrogen and oxygen atoms in total. The first-order chi connectivity index (χ1) is 12.7. The van der Waals surface area contributed by atoms with Crippen LogP contribution in [0.4, 0.5) is 0 Å². The van der Waals surface area contributed by atoms with Crippen molar-refractivity contribution in [2.24, 2.45) is 0 Å². The maximum absolute atomic E-state index is 12.4. The Balaban J connectivity index is 1.69. The van der Waals surface area contributed by atoms with E-state index in [0.29, 0.717) is 34.1 Å². The van der Waals surface area contributed by atoms with Crippen LogP contribution in [0.15, 0.2) is 88.1 Å². The van der Waals surface area contributed by atoms with Gasteiger partial charge in [0.15, 0.2) is 5.43 Å². The second-order valence-electron chi connectivity index (χ2n) is 5.88. The lowest BCUT2D eigenvalue weighted by Gasteiger charge is -2.11. The van der Waals surface area contributed by atoms with Gasteiger partial charge in [0, 0.05) is 11.1 Å². The van der Waals surface area contributed by atoms with Crippen LogP contribution in [-0.2, 0) is 6.61 Å². The Labute approximate surface area is 155 Å². The van der Waals surface area contributed by atoms with Crippen LogP contribution in [0.3, 0.4) is 0 Å². The van der Waals surface area contributed by atoms with Crippen molar-refractivity contribution in [3.63, 3.8) is 0 Å². The number of ether oxygens (including phenoxy) is 1. The summed E-state index contributed by atoms with van der Waals surface area (Å²) < 4.78 is 11.9. The minimum atomic E-state index is -0.0747. The van der Waals surface area contributed by atoms with E-state index in [1.54, 1.807) is 12.1 Å². The van der Waals surface area contributed by atoms with Gasteiger partial charge < -0.3 is 9.15 Å². The van der Waals surface area contributed by atoms with Gasteiger partial charge >= 0.3 is 0 Å². The fraction of sp³-hybridized carbons (Fsp3) is 0.0455. The van der Waals surface area contributed by atoms with Crippen LogP contribution in [0, 0.1) is 0 Å². The van der Waals surface area contributed by atoms with Gasteiger partial charge in [-0.2, -0.15) is 0 Å². The molecule has 0 radical (unpaired) electrons. The van der Waals surface area contributed by atoms with Crippen LogP contribution in [0.25, 0.3) is 22.3 Å². The Morgan fingerprint density at radius 3 is 2.46 bits per heavy atom. The number of benzene rings is 3. The van der Waals surface area contributed by atoms with E-state index in [1.165, 1.54) is 6.07 Å². The summed E-state index contributed by atoms with van der Waals surface area (Å²) in [4.78, 5) is 12.4. The largest absolute Gasteiger partial charge is 0.488 e. The second kappa shape index (κ2) is 7.06. The Bertz CT molecular complexity index is 1110. The molecule has 4 aromatic rings. The van der Waals surface area contributed by atoms with Crippen molar-refractivity contribution in [1.29, 1.82) is 0 Å². The van der Waals surface area contributed by atoms with Crippen molar-refractivity contribution in [2.75, 3.05) is 0 Å². The fourth-order valence-electron chi connectivity index (χ4n) is 2.77. The van der Waals surface area contributed by atoms with Gasteiger partial charge in [0.2, 0.25) is 0 Å². The number of fused-ring (bicyclic) bond motifs is 1. The standard InChI is InChI=1S/C22H15ClO3/c23-16-11-9-15(10-12-16)14-25-20-7-3-2-6-18(20)22-13-19(24)17-5-1-4-8-21(17)26-22/h1-13H,14H2. The van der Waals surface area contributed by atoms with E-state index >= 15 is 0 Å². The lowest BCUT2D eigenvalue weighted by Crippen LogP contribution is -2.01. The van der Waals surface area contributed by atoms with Gasteiger partial charge in [0.1, 0.15) is 23.7 Å². The molecule has 0 saturated heterocycles. The Morgan fingerprint density at radius 1 is 0.885 bits per heavy atom. The Kier molecular flexibility index (Phi) is 4.46. The van der Waals surface area contributed by atoms with Gasteiger partial charge in [-0.3, -0.25) is 4.79 Å². The van der Waals surface area contributed by atoms with Gasteiger partial charge in [-0.15, -0.1) is 0 Å². The van der Waals surface area contributed by atoms with Crippen LogP contribution < -0.4 is 10.2 Å². The second-order valence-corrected chi connectivity index (χ2v) is 6.32. The molecule has 0 N–H and O–H groups in total. The molecule has 0 bridgehead atoms. The molecule has 4 heteroatoms. The number of hydrogen-bond acceptors (Lipinski definition) is 3. The van der Waals surface area contributed by atoms with Gasteiger partial charge in [-0.1, -0.05) is 48.0 Å². The van der Waals surface area contributed by atoms with E-state index in [9.17, 15) is 4.79 Å². The number of para-hydroxylation sites is 2. The molecule has 0 spiro atoms. The van der Waals surface area contributed by atoms with Crippen molar-refractivity contribution >= 4 is 22.6 Å². The Morgan fingerprint density at radius 2 is 1.62 bits per heavy atom. The van der Waals surface area contributed by atoms with E-state index in [1.807, 2.05) is 60.7 Å². The average molecular weight is 363 g/mol. The summed E-state index contributed by atoms with van der Waals surface area (Å²) >= 11 is 5.91. The van der Waals surface area contributed by atoms with Crippen molar-refractivity contribution < 1.29 is 9.15 Å². The minimum Gasteiger partial charge on any atom is -0.488 e. The predicted octanol–water partition coefficient (Wildman–Crippen LogP) is 5.69. The summed E-state index contributed by atoms with van der Waals surface area (Å²) in [5, 5.41) is 1.25. The zero-order valence-electron chi connectivity index (χ0n) is 13.8. The molecule has 0 amide bonds. The average Bonchev–Trinajstić information content (AvgIpc) is 2.68. The third kappa shape index (κ3) is 3.35. The molecule has 1 heterocycles. The maximum atomic E-state index is 12.4. The van der Waals surface area contributed by atoms with E-state index in [-0.39, 0.29) is 5.43 Å². The molecule has 128 valence electrons. The van der Waals surface area contributed by atoms with Gasteiger partial charge in [-0.05, 0) is 42.0 Å². The summed E-state index contributed by atoms with van der Waals surface area (Å²) in [6.07, 6.45) is 0. The number of rotatable bonds is 4. The zero-order chi connectivity index (χ0) is 17.9. The molecule has 3 aromatic carbocycles. The molecule has 1 aromatic heterocycles. The van der Waals surface area contributed by atoms with Gasteiger partial charge in [0.05, 0.1) is 10.9 Å². The smallest absolute Gasteiger partial charge is 0.193 e. The normalized spacial score (nSPS) is 10.8. The maximum Gasteiger partial charge on any atom is 0.193 e. The summed E-state index contributed by atoms with van der Waals surface area (Å²) in [5.41, 5.74) is 2.23. The first-order valence-corrected chi connectivity index (χ1v) is 8.58. The molecule has 0 fully saturated rings. The molecule has 0 atom stereocenters. The Hall–Kier alpha value is -3.04. The van der Waals surface area contributed by atoms with Crippen molar-refractivity contribution in [1.82, 2.24) is 0 Å². The number of hydrogen-bond donors (Lipinski definition) is 0. The van der Waals surface area contributed by atoms with Crippen LogP contribution in [-0.4, -0.2) is 0 Å². The highest BCUT2D eigenvalue weighted by molar-refractivity contribution is 6.30. The topological polar surface area (TPSA) is 39.4 Å². The zero-order valence-corrected chi connectivity index (χ0v) is 14.6. The molecular weight excluding hydrogens is 348 g/mol. The monoisotopic (exact) mass is 362 g/mol. The molecule has 0 unspecified atom stereocenters. The molecular formula is C22H15ClO3. The highest BCUT2D eigenvalue weighted by Crippen LogP contribution is 2.31. The first-order valence-electron chi connectivity index (χ1n) is 8.20. The summed E-state index contributed by atoms with van der Waals surface area (Å²) in [6, 6.07) is 23.7. The van der Waals surface area contributed by atoms with Crippen LogP contribution in [0.5, 0.6) is 5.75 Å². The molecule has 0 aliphatic rings. The van der Waals surface area contributed by atoms with E-state index in [4.69, 9.17) is 20.8 Å². The van der Waals surface area contributed by atoms with E-state index < -0.39 is 0 Å². The highest BCUT2D eigenvalue weighted by Gasteiger charge is 2.11. The molecule has 0 saturated carbocycles. The van der Waals surface area contributed by atoms with Crippen molar-refractivity contribution in [2.45, 2.75) is 6.61 Å². The third-order valence-electron chi connectivity index (χ3n) is 4.09. The molecule has 0 aliphatic heterocycles. The van der Waals surface area contributed by atoms with E-state index in [0.717, 1.165) is 11.1 Å². The predicted molar refractivity (Wildman–Crippen MR) is 104 cm³/mol. The third-order valence-corrected chi connectivity index (χ3v) is 4.35. The molecule has 4 rings (SSSR count). The first kappa shape index (κ1) is 16.4. The lowest BCUT2D eigenvalue weighted by atomic mass is 10.1. The minimum absolute atomic E-state index is 0.0747. The lowest BCUT2D eigenvalue weighted by molar-refractivity contribution is 0.307. The SMILES string of the molecule is O=c1cc(-c2ccccc2OCc2ccc(Cl)cc2)oc2ccccc12. The van der Waals surface area contributed by atoms with Gasteiger partial charge in [0.25, 0.3) is 0 Å². The fourth-order valence-corrected chi connectivity index (χ4v) is 2.90. The van der Waals surface area contributed by atoms with Crippen LogP contribution >= 0.6 is 11.6 Å². The van der Waals surface area contributed by atoms with Crippen molar-refractivity contribution in [3.05, 3.63) is 99.7 Å². The summed E-state index contributed by atoms with van der Waals surface area (Å²) in [6.45, 7) is 0.395. The molecule has 26 heavy (non-hydrogen) atoms. The van der Waals surface area contributed by atoms with Gasteiger partial charge in [-0.25, -0.2) is 0 Å². The molecule has 0 aliphatic carbocycles. The summed E-state index contributed by atoms with van der Waals surface area (Å²) in [5.74, 6) is 1.14. The van der Waals surface area contributed by atoms with Crippen LogP contribution in [0.1, 0.15) is 5.56 Å². The van der Waals surface area contributed by atoms with Crippen molar-refractivity contribution in [3.8, 4) is 17.1 Å². The number of halogens is 1. The quantitative estimate of drug-likeness (QED) is 0.468. The summed E-state index contributed by atoms with van der Waals surface area (Å²) in [7, 11) is 0. The van der Waals surface area contributed by atoms with E-state index in [2.05, 4.69) is 0 Å².